The Morgan fingerprint density at radius 2 is 2.07 bits per heavy atom. The molecule has 0 bridgehead atoms. The minimum Gasteiger partial charge on any atom is -0.316 e. The van der Waals surface area contributed by atoms with Crippen LogP contribution in [0.3, 0.4) is 0 Å². The number of hydrogen-bond acceptors (Lipinski definition) is 7. The van der Waals surface area contributed by atoms with E-state index in [1.165, 1.54) is 0 Å². The van der Waals surface area contributed by atoms with Crippen molar-refractivity contribution < 1.29 is 29.7 Å². The zero-order chi connectivity index (χ0) is 11.2. The molecule has 0 radical (unpaired) electrons. The zero-order valence-electron chi connectivity index (χ0n) is 6.53. The average Bonchev–Trinajstić information content (AvgIpc) is 1.98. The van der Waals surface area contributed by atoms with Gasteiger partial charge in [-0.15, -0.1) is 0 Å². The van der Waals surface area contributed by atoms with E-state index < -0.39 is 31.4 Å². The van der Waals surface area contributed by atoms with Crippen LogP contribution in [0.4, 0.5) is 0 Å². The molecule has 0 aliphatic rings. The normalized spacial score (nSPS) is 16.5. The molecule has 0 amide bonds. The molecule has 0 saturated heterocycles. The van der Waals surface area contributed by atoms with Crippen LogP contribution in [-0.4, -0.2) is 36.5 Å². The molecule has 7 nitrogen and oxygen atoms in total. The summed E-state index contributed by atoms with van der Waals surface area (Å²) in [7, 11) is -3.64. The minimum absolute atomic E-state index is 0.179. The monoisotopic (exact) mass is 378 g/mol. The summed E-state index contributed by atoms with van der Waals surface area (Å²) in [4.78, 5) is 0. The van der Waals surface area contributed by atoms with E-state index in [2.05, 4.69) is 25.5 Å². The van der Waals surface area contributed by atoms with Crippen LogP contribution in [0.15, 0.2) is 0 Å². The molecule has 0 aliphatic heterocycles. The lowest BCUT2D eigenvalue weighted by atomic mass is 10.4. The summed E-state index contributed by atoms with van der Waals surface area (Å²) in [6.07, 6.45) is -0.983. The van der Waals surface area contributed by atoms with Gasteiger partial charge in [0.25, 0.3) is 0 Å². The molecule has 2 unspecified atom stereocenters. The largest absolute Gasteiger partial charge is 0.321 e. The van der Waals surface area contributed by atoms with Crippen molar-refractivity contribution >= 4 is 52.8 Å². The Balaban J connectivity index is 4.03. The van der Waals surface area contributed by atoms with Gasteiger partial charge in [-0.25, -0.2) is 0 Å². The van der Waals surface area contributed by atoms with Gasteiger partial charge in [-0.05, 0) is 12.9 Å². The fourth-order valence-corrected chi connectivity index (χ4v) is 1.73. The summed E-state index contributed by atoms with van der Waals surface area (Å²) < 4.78 is 52.6. The maximum absolute atomic E-state index is 10.5. The first kappa shape index (κ1) is 15.0. The van der Waals surface area contributed by atoms with Crippen LogP contribution in [-0.2, 0) is 31.2 Å². The second-order valence-electron chi connectivity index (χ2n) is 1.91. The van der Waals surface area contributed by atoms with E-state index in [9.17, 15) is 12.6 Å². The molecule has 0 aromatic rings. The van der Waals surface area contributed by atoms with E-state index in [-0.39, 0.29) is 6.61 Å². The lowest BCUT2D eigenvalue weighted by Gasteiger charge is -2.11. The van der Waals surface area contributed by atoms with E-state index in [0.29, 0.717) is 0 Å². The summed E-state index contributed by atoms with van der Waals surface area (Å²) in [5, 5.41) is 0. The van der Waals surface area contributed by atoms with Crippen molar-refractivity contribution in [1.29, 1.82) is 0 Å². The maximum atomic E-state index is 10.5. The summed E-state index contributed by atoms with van der Waals surface area (Å²) in [5.41, 5.74) is 0. The first-order valence-corrected chi connectivity index (χ1v) is 8.33. The molecule has 1 N–H and O–H groups in total. The van der Waals surface area contributed by atoms with Crippen molar-refractivity contribution in [2.75, 3.05) is 13.2 Å². The second-order valence-corrected chi connectivity index (χ2v) is 7.05. The Labute approximate surface area is 101 Å². The summed E-state index contributed by atoms with van der Waals surface area (Å²) >= 11 is 1.93. The van der Waals surface area contributed by atoms with Gasteiger partial charge >= 0.3 is 18.7 Å². The molecule has 0 saturated carbocycles. The van der Waals surface area contributed by atoms with Crippen molar-refractivity contribution in [2.45, 2.75) is 6.10 Å². The summed E-state index contributed by atoms with van der Waals surface area (Å²) in [6, 6.07) is 0. The van der Waals surface area contributed by atoms with Crippen molar-refractivity contribution in [2.24, 2.45) is 0 Å². The van der Waals surface area contributed by atoms with E-state index in [4.69, 9.17) is 4.55 Å². The molecular weight excluding hydrogens is 371 g/mol. The van der Waals surface area contributed by atoms with Crippen molar-refractivity contribution in [1.82, 2.24) is 0 Å². The van der Waals surface area contributed by atoms with Gasteiger partial charge < -0.3 is 4.18 Å². The highest BCUT2D eigenvalue weighted by molar-refractivity contribution is 14.2. The van der Waals surface area contributed by atoms with E-state index in [0.717, 1.165) is 21.2 Å². The van der Waals surface area contributed by atoms with Crippen LogP contribution >= 0.6 is 34.1 Å². The van der Waals surface area contributed by atoms with Crippen LogP contribution in [0.5, 0.6) is 0 Å². The van der Waals surface area contributed by atoms with Crippen LogP contribution in [0.1, 0.15) is 0 Å². The van der Waals surface area contributed by atoms with E-state index in [1.54, 1.807) is 0 Å². The summed E-state index contributed by atoms with van der Waals surface area (Å²) in [6.45, 7) is -0.598. The number of thiol groups is 1. The van der Waals surface area contributed by atoms with Crippen LogP contribution in [0, 0.1) is 0 Å². The van der Waals surface area contributed by atoms with Crippen molar-refractivity contribution in [3.63, 3.8) is 0 Å². The van der Waals surface area contributed by atoms with Gasteiger partial charge in [0, 0.05) is 0 Å². The third-order valence-electron chi connectivity index (χ3n) is 0.874. The van der Waals surface area contributed by atoms with Crippen LogP contribution in [0.2, 0.25) is 0 Å². The third-order valence-corrected chi connectivity index (χ3v) is 2.64. The fraction of sp³-hybridized carbons (Fsp3) is 1.00. The molecule has 14 heavy (non-hydrogen) atoms. The molecule has 0 spiro atoms. The molecule has 0 heterocycles. The van der Waals surface area contributed by atoms with Gasteiger partial charge in [-0.1, -0.05) is 0 Å². The topological polar surface area (TPSA) is 99.1 Å². The Bertz CT molecular complexity index is 276. The standard InChI is InChI=1S/C3H7IO7S3/c4-14(7,8)10-2-3(1-9-12)11-13(5)6/h3,12H,1-2H2,(H,5,6). The van der Waals surface area contributed by atoms with Crippen LogP contribution in [0.25, 0.3) is 0 Å². The van der Waals surface area contributed by atoms with E-state index >= 15 is 0 Å². The highest BCUT2D eigenvalue weighted by Crippen LogP contribution is 2.06. The highest BCUT2D eigenvalue weighted by atomic mass is 127. The molecule has 86 valence electrons. The molecule has 0 rings (SSSR count). The predicted octanol–water partition coefficient (Wildman–Crippen LogP) is 0.0661. The third kappa shape index (κ3) is 9.57. The van der Waals surface area contributed by atoms with Gasteiger partial charge in [-0.2, -0.15) is 12.6 Å². The Kier molecular flexibility index (Phi) is 7.85. The molecule has 11 heteroatoms. The molecule has 0 aliphatic carbocycles. The highest BCUT2D eigenvalue weighted by Gasteiger charge is 2.16. The summed E-state index contributed by atoms with van der Waals surface area (Å²) in [5.74, 6) is 0. The molecule has 0 aromatic heterocycles. The van der Waals surface area contributed by atoms with Gasteiger partial charge in [-0.3, -0.25) is 12.9 Å². The quantitative estimate of drug-likeness (QED) is 0.213. The van der Waals surface area contributed by atoms with Crippen molar-refractivity contribution in [3.05, 3.63) is 0 Å². The minimum atomic E-state index is -3.64. The smallest absolute Gasteiger partial charge is 0.316 e. The van der Waals surface area contributed by atoms with Gasteiger partial charge in [0.2, 0.25) is 0 Å². The van der Waals surface area contributed by atoms with Gasteiger partial charge in [0.1, 0.15) is 27.3 Å². The maximum Gasteiger partial charge on any atom is 0.321 e. The lowest BCUT2D eigenvalue weighted by molar-refractivity contribution is 0.0979. The Morgan fingerprint density at radius 3 is 2.43 bits per heavy atom. The number of halogens is 1. The SMILES string of the molecule is O=S(O)OC(COS)COS(=O)(=O)I. The fourth-order valence-electron chi connectivity index (χ4n) is 0.460. The Morgan fingerprint density at radius 1 is 1.50 bits per heavy atom. The van der Waals surface area contributed by atoms with Crippen molar-refractivity contribution in [3.8, 4) is 0 Å². The van der Waals surface area contributed by atoms with E-state index in [1.807, 2.05) is 0 Å². The number of hydrogen-bond donors (Lipinski definition) is 2. The molecular formula is C3H7IO7S3. The average molecular weight is 378 g/mol. The van der Waals surface area contributed by atoms with Gasteiger partial charge in [0.05, 0.1) is 13.2 Å². The Hall–Kier alpha value is 1.02. The lowest BCUT2D eigenvalue weighted by Crippen LogP contribution is -2.25. The van der Waals surface area contributed by atoms with Crippen LogP contribution < -0.4 is 0 Å². The molecule has 2 atom stereocenters. The zero-order valence-corrected chi connectivity index (χ0v) is 11.2. The van der Waals surface area contributed by atoms with Gasteiger partial charge in [0.15, 0.2) is 0 Å². The second kappa shape index (κ2) is 7.32. The number of rotatable bonds is 7. The molecule has 0 aromatic carbocycles. The molecule has 0 fully saturated rings. The first-order chi connectivity index (χ1) is 6.35. The predicted molar refractivity (Wildman–Crippen MR) is 59.5 cm³/mol. The first-order valence-electron chi connectivity index (χ1n) is 2.98.